The zero-order valence-corrected chi connectivity index (χ0v) is 12.7. The van der Waals surface area contributed by atoms with Crippen molar-refractivity contribution in [2.75, 3.05) is 13.6 Å². The minimum absolute atomic E-state index is 0.741. The van der Waals surface area contributed by atoms with Gasteiger partial charge in [-0.2, -0.15) is 5.10 Å². The summed E-state index contributed by atoms with van der Waals surface area (Å²) in [5, 5.41) is 8.05. The fourth-order valence-corrected chi connectivity index (χ4v) is 2.37. The van der Waals surface area contributed by atoms with Gasteiger partial charge in [0.25, 0.3) is 0 Å². The maximum atomic E-state index is 4.81. The molecular formula is C15H29N3. The van der Waals surface area contributed by atoms with Crippen LogP contribution in [0.4, 0.5) is 0 Å². The molecule has 1 rings (SSSR count). The molecule has 0 saturated carbocycles. The molecule has 1 aromatic rings. The lowest BCUT2D eigenvalue weighted by molar-refractivity contribution is 0.474. The first-order chi connectivity index (χ1) is 8.63. The van der Waals surface area contributed by atoms with Gasteiger partial charge < -0.3 is 5.32 Å². The smallest absolute Gasteiger partial charge is 0.0657 e. The Morgan fingerprint density at radius 3 is 2.44 bits per heavy atom. The topological polar surface area (TPSA) is 29.9 Å². The Balaban J connectivity index is 2.92. The SMILES string of the molecule is CCc1nn(CCC(C)C)c(CC)c1CCNC. The minimum atomic E-state index is 0.741. The second kappa shape index (κ2) is 7.57. The summed E-state index contributed by atoms with van der Waals surface area (Å²) in [6, 6.07) is 0. The van der Waals surface area contributed by atoms with Crippen LogP contribution in [0.1, 0.15) is 51.1 Å². The van der Waals surface area contributed by atoms with Crippen LogP contribution in [0.2, 0.25) is 0 Å². The normalized spacial score (nSPS) is 11.4. The fourth-order valence-electron chi connectivity index (χ4n) is 2.37. The highest BCUT2D eigenvalue weighted by molar-refractivity contribution is 5.27. The van der Waals surface area contributed by atoms with Crippen molar-refractivity contribution in [2.45, 2.75) is 59.9 Å². The predicted molar refractivity (Wildman–Crippen MR) is 78.1 cm³/mol. The number of hydrogen-bond donors (Lipinski definition) is 1. The molecule has 0 aliphatic rings. The van der Waals surface area contributed by atoms with E-state index in [1.807, 2.05) is 7.05 Å². The molecule has 3 heteroatoms. The average molecular weight is 251 g/mol. The number of rotatable bonds is 8. The van der Waals surface area contributed by atoms with Crippen LogP contribution in [-0.2, 0) is 25.8 Å². The lowest BCUT2D eigenvalue weighted by Crippen LogP contribution is -2.13. The molecule has 0 aliphatic heterocycles. The van der Waals surface area contributed by atoms with E-state index >= 15 is 0 Å². The molecule has 0 atom stereocenters. The predicted octanol–water partition coefficient (Wildman–Crippen LogP) is 2.82. The average Bonchev–Trinajstić information content (AvgIpc) is 2.70. The first kappa shape index (κ1) is 15.2. The van der Waals surface area contributed by atoms with Crippen LogP contribution in [0.5, 0.6) is 0 Å². The zero-order chi connectivity index (χ0) is 13.5. The number of nitrogens with one attached hydrogen (secondary N) is 1. The van der Waals surface area contributed by atoms with Gasteiger partial charge in [-0.05, 0) is 50.8 Å². The molecule has 0 amide bonds. The van der Waals surface area contributed by atoms with Gasteiger partial charge in [0.1, 0.15) is 0 Å². The van der Waals surface area contributed by atoms with Crippen molar-refractivity contribution in [1.82, 2.24) is 15.1 Å². The Hall–Kier alpha value is -0.830. The fraction of sp³-hybridized carbons (Fsp3) is 0.800. The van der Waals surface area contributed by atoms with Crippen molar-refractivity contribution in [3.63, 3.8) is 0 Å². The molecule has 3 nitrogen and oxygen atoms in total. The van der Waals surface area contributed by atoms with Gasteiger partial charge >= 0.3 is 0 Å². The molecule has 18 heavy (non-hydrogen) atoms. The van der Waals surface area contributed by atoms with Crippen LogP contribution in [-0.4, -0.2) is 23.4 Å². The van der Waals surface area contributed by atoms with Gasteiger partial charge in [0.15, 0.2) is 0 Å². The van der Waals surface area contributed by atoms with Crippen LogP contribution in [0.15, 0.2) is 0 Å². The molecule has 0 unspecified atom stereocenters. The summed E-state index contributed by atoms with van der Waals surface area (Å²) in [5.74, 6) is 0.741. The van der Waals surface area contributed by atoms with Crippen LogP contribution in [0, 0.1) is 5.92 Å². The Morgan fingerprint density at radius 2 is 1.94 bits per heavy atom. The van der Waals surface area contributed by atoms with Crippen LogP contribution in [0.25, 0.3) is 0 Å². The van der Waals surface area contributed by atoms with E-state index in [-0.39, 0.29) is 0 Å². The monoisotopic (exact) mass is 251 g/mol. The molecule has 0 saturated heterocycles. The van der Waals surface area contributed by atoms with E-state index in [1.54, 1.807) is 0 Å². The highest BCUT2D eigenvalue weighted by Crippen LogP contribution is 2.18. The highest BCUT2D eigenvalue weighted by Gasteiger charge is 2.14. The van der Waals surface area contributed by atoms with Gasteiger partial charge in [-0.25, -0.2) is 0 Å². The van der Waals surface area contributed by atoms with Gasteiger partial charge in [-0.15, -0.1) is 0 Å². The third-order valence-electron chi connectivity index (χ3n) is 3.46. The molecule has 104 valence electrons. The van der Waals surface area contributed by atoms with Crippen molar-refractivity contribution in [3.05, 3.63) is 17.0 Å². The van der Waals surface area contributed by atoms with Crippen LogP contribution >= 0.6 is 0 Å². The van der Waals surface area contributed by atoms with Crippen molar-refractivity contribution in [3.8, 4) is 0 Å². The molecule has 0 aliphatic carbocycles. The van der Waals surface area contributed by atoms with E-state index in [0.29, 0.717) is 0 Å². The standard InChI is InChI=1S/C15H29N3/c1-6-14-13(8-10-16-5)15(7-2)18(17-14)11-9-12(3)4/h12,16H,6-11H2,1-5H3. The summed E-state index contributed by atoms with van der Waals surface area (Å²) in [6.45, 7) is 11.1. The Bertz CT molecular complexity index is 353. The van der Waals surface area contributed by atoms with Gasteiger partial charge in [-0.1, -0.05) is 27.7 Å². The summed E-state index contributed by atoms with van der Waals surface area (Å²) >= 11 is 0. The van der Waals surface area contributed by atoms with Gasteiger partial charge in [0, 0.05) is 12.2 Å². The molecule has 0 fully saturated rings. The van der Waals surface area contributed by atoms with E-state index < -0.39 is 0 Å². The summed E-state index contributed by atoms with van der Waals surface area (Å²) < 4.78 is 2.25. The molecule has 0 aromatic carbocycles. The molecular weight excluding hydrogens is 222 g/mol. The first-order valence-corrected chi connectivity index (χ1v) is 7.35. The van der Waals surface area contributed by atoms with Crippen LogP contribution < -0.4 is 5.32 Å². The Kier molecular flexibility index (Phi) is 6.41. The second-order valence-corrected chi connectivity index (χ2v) is 5.34. The lowest BCUT2D eigenvalue weighted by Gasteiger charge is -2.09. The maximum Gasteiger partial charge on any atom is 0.0657 e. The van der Waals surface area contributed by atoms with Gasteiger partial charge in [0.2, 0.25) is 0 Å². The summed E-state index contributed by atoms with van der Waals surface area (Å²) in [5.41, 5.74) is 4.23. The van der Waals surface area contributed by atoms with Crippen molar-refractivity contribution in [2.24, 2.45) is 5.92 Å². The molecule has 1 heterocycles. The van der Waals surface area contributed by atoms with E-state index in [1.165, 1.54) is 23.4 Å². The number of nitrogens with zero attached hydrogens (tertiary/aromatic N) is 2. The third-order valence-corrected chi connectivity index (χ3v) is 3.46. The van der Waals surface area contributed by atoms with E-state index in [2.05, 4.69) is 37.7 Å². The van der Waals surface area contributed by atoms with E-state index in [4.69, 9.17) is 5.10 Å². The van der Waals surface area contributed by atoms with E-state index in [9.17, 15) is 0 Å². The highest BCUT2D eigenvalue weighted by atomic mass is 15.3. The zero-order valence-electron chi connectivity index (χ0n) is 12.7. The minimum Gasteiger partial charge on any atom is -0.319 e. The van der Waals surface area contributed by atoms with Gasteiger partial charge in [-0.3, -0.25) is 4.68 Å². The van der Waals surface area contributed by atoms with Crippen molar-refractivity contribution < 1.29 is 0 Å². The van der Waals surface area contributed by atoms with E-state index in [0.717, 1.165) is 38.3 Å². The summed E-state index contributed by atoms with van der Waals surface area (Å²) in [7, 11) is 2.01. The largest absolute Gasteiger partial charge is 0.319 e. The number of hydrogen-bond acceptors (Lipinski definition) is 2. The Morgan fingerprint density at radius 1 is 1.22 bits per heavy atom. The Labute approximate surface area is 112 Å². The number of aryl methyl sites for hydroxylation is 2. The molecule has 0 bridgehead atoms. The van der Waals surface area contributed by atoms with Crippen molar-refractivity contribution >= 4 is 0 Å². The quantitative estimate of drug-likeness (QED) is 0.770. The molecule has 1 N–H and O–H groups in total. The first-order valence-electron chi connectivity index (χ1n) is 7.35. The number of likely N-dealkylation sites (N-methyl/N-ethyl adjacent to an activating group) is 1. The summed E-state index contributed by atoms with van der Waals surface area (Å²) in [4.78, 5) is 0. The van der Waals surface area contributed by atoms with Crippen LogP contribution in [0.3, 0.4) is 0 Å². The number of aromatic nitrogens is 2. The lowest BCUT2D eigenvalue weighted by atomic mass is 10.1. The van der Waals surface area contributed by atoms with Crippen molar-refractivity contribution in [1.29, 1.82) is 0 Å². The molecule has 0 radical (unpaired) electrons. The second-order valence-electron chi connectivity index (χ2n) is 5.34. The van der Waals surface area contributed by atoms with Gasteiger partial charge in [0.05, 0.1) is 5.69 Å². The summed E-state index contributed by atoms with van der Waals surface area (Å²) in [6.07, 6.45) is 4.44. The maximum absolute atomic E-state index is 4.81. The third kappa shape index (κ3) is 3.84. The molecule has 0 spiro atoms. The molecule has 1 aromatic heterocycles.